The van der Waals surface area contributed by atoms with Crippen molar-refractivity contribution in [2.24, 2.45) is 5.41 Å². The lowest BCUT2D eigenvalue weighted by atomic mass is 9.87. The Morgan fingerprint density at radius 3 is 2.77 bits per heavy atom. The first kappa shape index (κ1) is 10.6. The summed E-state index contributed by atoms with van der Waals surface area (Å²) >= 11 is 0. The molecule has 0 aromatic heterocycles. The molecule has 0 aromatic carbocycles. The fourth-order valence-electron chi connectivity index (χ4n) is 2.21. The Morgan fingerprint density at radius 2 is 2.31 bits per heavy atom. The van der Waals surface area contributed by atoms with Crippen LogP contribution in [0.25, 0.3) is 0 Å². The van der Waals surface area contributed by atoms with E-state index in [1.54, 1.807) is 0 Å². The van der Waals surface area contributed by atoms with Crippen molar-refractivity contribution in [3.63, 3.8) is 0 Å². The second-order valence-electron chi connectivity index (χ2n) is 4.91. The van der Waals surface area contributed by atoms with Gasteiger partial charge in [0.1, 0.15) is 0 Å². The Morgan fingerprint density at radius 1 is 1.62 bits per heavy atom. The van der Waals surface area contributed by atoms with Crippen LogP contribution in [0.15, 0.2) is 0 Å². The van der Waals surface area contributed by atoms with Crippen molar-refractivity contribution in [1.82, 2.24) is 5.32 Å². The molecule has 0 spiro atoms. The molecule has 1 fully saturated rings. The van der Waals surface area contributed by atoms with E-state index in [1.165, 1.54) is 19.3 Å². The molecule has 0 amide bonds. The third kappa shape index (κ3) is 2.74. The number of nitrogens with one attached hydrogen (secondary N) is 1. The maximum atomic E-state index is 5.28. The largest absolute Gasteiger partial charge is 0.310 e. The van der Waals surface area contributed by atoms with E-state index in [9.17, 15) is 0 Å². The highest BCUT2D eigenvalue weighted by Gasteiger charge is 2.34. The maximum Gasteiger partial charge on any atom is 0.0238 e. The lowest BCUT2D eigenvalue weighted by Crippen LogP contribution is -2.42. The van der Waals surface area contributed by atoms with Crippen LogP contribution in [-0.2, 0) is 0 Å². The first-order chi connectivity index (χ1) is 6.06. The molecule has 1 rings (SSSR count). The fraction of sp³-hybridized carbons (Fsp3) is 0.833. The molecule has 1 nitrogen and oxygen atoms in total. The molecule has 1 aliphatic rings. The van der Waals surface area contributed by atoms with E-state index in [0.29, 0.717) is 17.5 Å². The Labute approximate surface area is 82.3 Å². The van der Waals surface area contributed by atoms with Gasteiger partial charge in [-0.1, -0.05) is 20.3 Å². The average Bonchev–Trinajstić information content (AvgIpc) is 2.31. The summed E-state index contributed by atoms with van der Waals surface area (Å²) in [5.74, 6) is 2.71. The van der Waals surface area contributed by atoms with Crippen molar-refractivity contribution >= 4 is 0 Å². The number of hydrogen-bond donors (Lipinski definition) is 1. The van der Waals surface area contributed by atoms with Crippen molar-refractivity contribution in [3.8, 4) is 12.3 Å². The van der Waals surface area contributed by atoms with Crippen LogP contribution in [0.3, 0.4) is 0 Å². The van der Waals surface area contributed by atoms with E-state index < -0.39 is 0 Å². The van der Waals surface area contributed by atoms with Gasteiger partial charge in [-0.2, -0.15) is 0 Å². The maximum absolute atomic E-state index is 5.28. The monoisotopic (exact) mass is 179 g/mol. The molecular formula is C12H21N. The number of hydrogen-bond acceptors (Lipinski definition) is 1. The van der Waals surface area contributed by atoms with Crippen LogP contribution in [0, 0.1) is 17.8 Å². The first-order valence-electron chi connectivity index (χ1n) is 5.26. The minimum atomic E-state index is 0.461. The summed E-state index contributed by atoms with van der Waals surface area (Å²) < 4.78 is 0. The van der Waals surface area contributed by atoms with Gasteiger partial charge in [0, 0.05) is 18.5 Å². The predicted molar refractivity (Wildman–Crippen MR) is 57.5 cm³/mol. The summed E-state index contributed by atoms with van der Waals surface area (Å²) in [5, 5.41) is 3.63. The zero-order valence-electron chi connectivity index (χ0n) is 9.06. The normalized spacial score (nSPS) is 28.3. The van der Waals surface area contributed by atoms with Crippen molar-refractivity contribution < 1.29 is 0 Å². The second-order valence-corrected chi connectivity index (χ2v) is 4.91. The molecule has 0 bridgehead atoms. The van der Waals surface area contributed by atoms with E-state index in [0.717, 1.165) is 6.42 Å². The van der Waals surface area contributed by atoms with Gasteiger partial charge in [-0.3, -0.25) is 0 Å². The van der Waals surface area contributed by atoms with Gasteiger partial charge in [-0.05, 0) is 25.2 Å². The topological polar surface area (TPSA) is 12.0 Å². The Hall–Kier alpha value is -0.480. The minimum absolute atomic E-state index is 0.461. The van der Waals surface area contributed by atoms with Gasteiger partial charge >= 0.3 is 0 Å². The summed E-state index contributed by atoms with van der Waals surface area (Å²) in [5.41, 5.74) is 0.461. The first-order valence-corrected chi connectivity index (χ1v) is 5.26. The highest BCUT2D eigenvalue weighted by atomic mass is 15.0. The van der Waals surface area contributed by atoms with Crippen LogP contribution in [0.2, 0.25) is 0 Å². The molecule has 1 saturated carbocycles. The van der Waals surface area contributed by atoms with Crippen molar-refractivity contribution in [3.05, 3.63) is 0 Å². The zero-order chi connectivity index (χ0) is 9.90. The van der Waals surface area contributed by atoms with Gasteiger partial charge in [0.15, 0.2) is 0 Å². The summed E-state index contributed by atoms with van der Waals surface area (Å²) in [6.07, 6.45) is 10.1. The molecule has 0 heterocycles. The third-order valence-electron chi connectivity index (χ3n) is 3.17. The van der Waals surface area contributed by atoms with Crippen LogP contribution >= 0.6 is 0 Å². The second kappa shape index (κ2) is 4.15. The highest BCUT2D eigenvalue weighted by Crippen LogP contribution is 2.37. The molecule has 1 heteroatoms. The van der Waals surface area contributed by atoms with E-state index in [2.05, 4.69) is 32.0 Å². The minimum Gasteiger partial charge on any atom is -0.310 e. The van der Waals surface area contributed by atoms with E-state index in [-0.39, 0.29) is 0 Å². The summed E-state index contributed by atoms with van der Waals surface area (Å²) in [6.45, 7) is 6.87. The smallest absolute Gasteiger partial charge is 0.0238 e. The Kier molecular flexibility index (Phi) is 3.39. The zero-order valence-corrected chi connectivity index (χ0v) is 9.06. The molecule has 0 aliphatic heterocycles. The van der Waals surface area contributed by atoms with Crippen molar-refractivity contribution in [1.29, 1.82) is 0 Å². The van der Waals surface area contributed by atoms with E-state index in [4.69, 9.17) is 6.42 Å². The van der Waals surface area contributed by atoms with Gasteiger partial charge in [0.2, 0.25) is 0 Å². The number of rotatable bonds is 3. The van der Waals surface area contributed by atoms with Crippen LogP contribution < -0.4 is 5.32 Å². The standard InChI is InChI=1S/C12H21N/c1-5-7-10(2)13-11-8-6-9-12(11,3)4/h1,10-11,13H,6-9H2,2-4H3. The lowest BCUT2D eigenvalue weighted by molar-refractivity contribution is 0.266. The van der Waals surface area contributed by atoms with Gasteiger partial charge in [-0.15, -0.1) is 12.3 Å². The van der Waals surface area contributed by atoms with Gasteiger partial charge in [-0.25, -0.2) is 0 Å². The van der Waals surface area contributed by atoms with Crippen LogP contribution in [-0.4, -0.2) is 12.1 Å². The van der Waals surface area contributed by atoms with Gasteiger partial charge in [0.25, 0.3) is 0 Å². The lowest BCUT2D eigenvalue weighted by Gasteiger charge is -2.30. The molecule has 2 atom stereocenters. The van der Waals surface area contributed by atoms with E-state index in [1.807, 2.05) is 0 Å². The third-order valence-corrected chi connectivity index (χ3v) is 3.17. The molecule has 74 valence electrons. The molecule has 0 aromatic rings. The summed E-state index contributed by atoms with van der Waals surface area (Å²) in [7, 11) is 0. The Balaban J connectivity index is 2.41. The van der Waals surface area contributed by atoms with Gasteiger partial charge in [0.05, 0.1) is 0 Å². The molecule has 1 N–H and O–H groups in total. The average molecular weight is 179 g/mol. The van der Waals surface area contributed by atoms with E-state index >= 15 is 0 Å². The molecular weight excluding hydrogens is 158 g/mol. The SMILES string of the molecule is C#CCC(C)NC1CCCC1(C)C. The molecule has 0 saturated heterocycles. The molecule has 1 aliphatic carbocycles. The predicted octanol–water partition coefficient (Wildman–Crippen LogP) is 2.57. The van der Waals surface area contributed by atoms with Crippen molar-refractivity contribution in [2.75, 3.05) is 0 Å². The number of terminal acetylenes is 1. The molecule has 2 unspecified atom stereocenters. The summed E-state index contributed by atoms with van der Waals surface area (Å²) in [6, 6.07) is 1.13. The fourth-order valence-corrected chi connectivity index (χ4v) is 2.21. The molecule has 13 heavy (non-hydrogen) atoms. The Bertz CT molecular complexity index is 200. The summed E-state index contributed by atoms with van der Waals surface area (Å²) in [4.78, 5) is 0. The van der Waals surface area contributed by atoms with Gasteiger partial charge < -0.3 is 5.32 Å². The highest BCUT2D eigenvalue weighted by molar-refractivity contribution is 4.94. The molecule has 0 radical (unpaired) electrons. The van der Waals surface area contributed by atoms with Crippen LogP contribution in [0.5, 0.6) is 0 Å². The van der Waals surface area contributed by atoms with Crippen LogP contribution in [0.4, 0.5) is 0 Å². The van der Waals surface area contributed by atoms with Crippen molar-refractivity contribution in [2.45, 2.75) is 58.5 Å². The quantitative estimate of drug-likeness (QED) is 0.657. The van der Waals surface area contributed by atoms with Crippen LogP contribution in [0.1, 0.15) is 46.5 Å².